The predicted octanol–water partition coefficient (Wildman–Crippen LogP) is 3.64. The van der Waals surface area contributed by atoms with Gasteiger partial charge in [0.2, 0.25) is 5.91 Å². The molecular formula is C17H22ClN3O2S. The number of thioether (sulfide) groups is 1. The number of benzene rings is 1. The first-order chi connectivity index (χ1) is 11.3. The zero-order valence-corrected chi connectivity index (χ0v) is 15.9. The van der Waals surface area contributed by atoms with Crippen LogP contribution in [0.15, 0.2) is 28.2 Å². The first-order valence-electron chi connectivity index (χ1n) is 8.01. The van der Waals surface area contributed by atoms with Crippen LogP contribution in [0.3, 0.4) is 0 Å². The van der Waals surface area contributed by atoms with Gasteiger partial charge in [0.25, 0.3) is 5.56 Å². The number of aromatic nitrogens is 2. The maximum absolute atomic E-state index is 12.8. The Morgan fingerprint density at radius 3 is 2.71 bits per heavy atom. The van der Waals surface area contributed by atoms with Crippen LogP contribution in [0.25, 0.3) is 10.9 Å². The van der Waals surface area contributed by atoms with E-state index in [0.717, 1.165) is 6.42 Å². The molecule has 2 rings (SSSR count). The molecule has 7 heteroatoms. The van der Waals surface area contributed by atoms with Gasteiger partial charge in [-0.25, -0.2) is 4.98 Å². The smallest absolute Gasteiger partial charge is 0.262 e. The summed E-state index contributed by atoms with van der Waals surface area (Å²) in [5.41, 5.74) is 0.434. The summed E-state index contributed by atoms with van der Waals surface area (Å²) in [6, 6.07) is 5.00. The van der Waals surface area contributed by atoms with Crippen molar-refractivity contribution in [2.45, 2.75) is 50.6 Å². The molecule has 2 aromatic rings. The SMILES string of the molecule is CCCNC(=O)[C@H](C)Sc1nc2cc(Cl)ccc2c(=O)n1C(C)C. The summed E-state index contributed by atoms with van der Waals surface area (Å²) in [5.74, 6) is -0.0578. The molecule has 1 N–H and O–H groups in total. The Balaban J connectivity index is 2.46. The summed E-state index contributed by atoms with van der Waals surface area (Å²) in [7, 11) is 0. The standard InChI is InChI=1S/C17H22ClN3O2S/c1-5-8-19-15(22)11(4)24-17-20-14-9-12(18)6-7-13(14)16(23)21(17)10(2)3/h6-7,9-11H,5,8H2,1-4H3,(H,19,22)/t11-/m0/s1. The van der Waals surface area contributed by atoms with E-state index in [9.17, 15) is 9.59 Å². The maximum atomic E-state index is 12.8. The minimum Gasteiger partial charge on any atom is -0.355 e. The number of hydrogen-bond donors (Lipinski definition) is 1. The Bertz CT molecular complexity index is 804. The summed E-state index contributed by atoms with van der Waals surface area (Å²) < 4.78 is 1.63. The lowest BCUT2D eigenvalue weighted by molar-refractivity contribution is -0.120. The van der Waals surface area contributed by atoms with Crippen molar-refractivity contribution in [3.05, 3.63) is 33.6 Å². The van der Waals surface area contributed by atoms with Crippen molar-refractivity contribution in [2.24, 2.45) is 0 Å². The van der Waals surface area contributed by atoms with E-state index in [0.29, 0.717) is 27.6 Å². The summed E-state index contributed by atoms with van der Waals surface area (Å²) >= 11 is 7.31. The minimum atomic E-state index is -0.343. The van der Waals surface area contributed by atoms with Gasteiger partial charge in [-0.05, 0) is 45.4 Å². The number of halogens is 1. The van der Waals surface area contributed by atoms with E-state index in [4.69, 9.17) is 11.6 Å². The molecule has 0 spiro atoms. The van der Waals surface area contributed by atoms with Crippen LogP contribution in [-0.2, 0) is 4.79 Å². The zero-order valence-electron chi connectivity index (χ0n) is 14.3. The zero-order chi connectivity index (χ0) is 17.9. The highest BCUT2D eigenvalue weighted by molar-refractivity contribution is 8.00. The van der Waals surface area contributed by atoms with Gasteiger partial charge in [-0.15, -0.1) is 0 Å². The third-order valence-corrected chi connectivity index (χ3v) is 4.85. The van der Waals surface area contributed by atoms with Gasteiger partial charge in [0.05, 0.1) is 16.2 Å². The van der Waals surface area contributed by atoms with Crippen LogP contribution in [0.5, 0.6) is 0 Å². The number of amides is 1. The van der Waals surface area contributed by atoms with Crippen molar-refractivity contribution in [3.63, 3.8) is 0 Å². The molecule has 130 valence electrons. The van der Waals surface area contributed by atoms with E-state index in [1.165, 1.54) is 11.8 Å². The van der Waals surface area contributed by atoms with Crippen LogP contribution >= 0.6 is 23.4 Å². The second-order valence-corrected chi connectivity index (χ2v) is 7.62. The molecule has 1 atom stereocenters. The molecule has 0 saturated heterocycles. The Morgan fingerprint density at radius 2 is 2.08 bits per heavy atom. The van der Waals surface area contributed by atoms with Crippen molar-refractivity contribution < 1.29 is 4.79 Å². The van der Waals surface area contributed by atoms with E-state index in [-0.39, 0.29) is 22.8 Å². The quantitative estimate of drug-likeness (QED) is 0.625. The second-order valence-electron chi connectivity index (χ2n) is 5.88. The minimum absolute atomic E-state index is 0.0570. The topological polar surface area (TPSA) is 64.0 Å². The summed E-state index contributed by atoms with van der Waals surface area (Å²) in [6.07, 6.45) is 0.882. The fourth-order valence-electron chi connectivity index (χ4n) is 2.29. The van der Waals surface area contributed by atoms with Crippen molar-refractivity contribution in [1.29, 1.82) is 0 Å². The van der Waals surface area contributed by atoms with Gasteiger partial charge in [0.1, 0.15) is 0 Å². The van der Waals surface area contributed by atoms with Crippen LogP contribution < -0.4 is 10.9 Å². The molecule has 5 nitrogen and oxygen atoms in total. The van der Waals surface area contributed by atoms with Crippen molar-refractivity contribution in [2.75, 3.05) is 6.54 Å². The number of nitrogens with zero attached hydrogens (tertiary/aromatic N) is 2. The molecule has 24 heavy (non-hydrogen) atoms. The lowest BCUT2D eigenvalue weighted by Gasteiger charge is -2.18. The average molecular weight is 368 g/mol. The molecule has 0 aliphatic rings. The van der Waals surface area contributed by atoms with Gasteiger partial charge < -0.3 is 5.32 Å². The van der Waals surface area contributed by atoms with Crippen molar-refractivity contribution >= 4 is 40.2 Å². The van der Waals surface area contributed by atoms with Gasteiger partial charge in [0.15, 0.2) is 5.16 Å². The maximum Gasteiger partial charge on any atom is 0.262 e. The van der Waals surface area contributed by atoms with Crippen LogP contribution in [-0.4, -0.2) is 27.3 Å². The highest BCUT2D eigenvalue weighted by atomic mass is 35.5. The summed E-state index contributed by atoms with van der Waals surface area (Å²) in [6.45, 7) is 8.31. The van der Waals surface area contributed by atoms with Gasteiger partial charge in [-0.3, -0.25) is 14.2 Å². The van der Waals surface area contributed by atoms with E-state index >= 15 is 0 Å². The number of rotatable bonds is 6. The Hall–Kier alpha value is -1.53. The summed E-state index contributed by atoms with van der Waals surface area (Å²) in [5, 5.41) is 4.11. The lowest BCUT2D eigenvalue weighted by Crippen LogP contribution is -2.32. The van der Waals surface area contributed by atoms with Gasteiger partial charge >= 0.3 is 0 Å². The van der Waals surface area contributed by atoms with Crippen LogP contribution in [0.1, 0.15) is 40.2 Å². The second kappa shape index (κ2) is 8.03. The van der Waals surface area contributed by atoms with Crippen molar-refractivity contribution in [1.82, 2.24) is 14.9 Å². The number of hydrogen-bond acceptors (Lipinski definition) is 4. The molecule has 1 amide bonds. The largest absolute Gasteiger partial charge is 0.355 e. The first-order valence-corrected chi connectivity index (χ1v) is 9.27. The molecule has 0 saturated carbocycles. The highest BCUT2D eigenvalue weighted by Gasteiger charge is 2.20. The van der Waals surface area contributed by atoms with Gasteiger partial charge in [0, 0.05) is 17.6 Å². The molecule has 0 fully saturated rings. The average Bonchev–Trinajstić information content (AvgIpc) is 2.51. The lowest BCUT2D eigenvalue weighted by atomic mass is 10.2. The first kappa shape index (κ1) is 18.8. The van der Waals surface area contributed by atoms with Crippen molar-refractivity contribution in [3.8, 4) is 0 Å². The fraction of sp³-hybridized carbons (Fsp3) is 0.471. The van der Waals surface area contributed by atoms with E-state index < -0.39 is 0 Å². The van der Waals surface area contributed by atoms with Crippen LogP contribution in [0.2, 0.25) is 5.02 Å². The Morgan fingerprint density at radius 1 is 1.38 bits per heavy atom. The fourth-order valence-corrected chi connectivity index (χ4v) is 3.53. The highest BCUT2D eigenvalue weighted by Crippen LogP contribution is 2.25. The van der Waals surface area contributed by atoms with E-state index in [2.05, 4.69) is 10.3 Å². The van der Waals surface area contributed by atoms with Crippen LogP contribution in [0, 0.1) is 0 Å². The molecule has 1 heterocycles. The molecule has 0 aliphatic carbocycles. The monoisotopic (exact) mass is 367 g/mol. The number of carbonyl (C=O) groups excluding carboxylic acids is 1. The van der Waals surface area contributed by atoms with E-state index in [1.807, 2.05) is 27.7 Å². The molecule has 1 aromatic carbocycles. The van der Waals surface area contributed by atoms with Crippen LogP contribution in [0.4, 0.5) is 0 Å². The van der Waals surface area contributed by atoms with E-state index in [1.54, 1.807) is 22.8 Å². The molecule has 1 aromatic heterocycles. The molecule has 0 radical (unpaired) electrons. The molecular weight excluding hydrogens is 346 g/mol. The normalized spacial score (nSPS) is 12.6. The Kier molecular flexibility index (Phi) is 6.29. The third-order valence-electron chi connectivity index (χ3n) is 3.55. The molecule has 0 aliphatic heterocycles. The Labute approximate surface area is 150 Å². The number of nitrogens with one attached hydrogen (secondary N) is 1. The predicted molar refractivity (Wildman–Crippen MR) is 100 cm³/mol. The third kappa shape index (κ3) is 4.11. The molecule has 0 unspecified atom stereocenters. The summed E-state index contributed by atoms with van der Waals surface area (Å²) in [4.78, 5) is 29.5. The van der Waals surface area contributed by atoms with Gasteiger partial charge in [-0.2, -0.15) is 0 Å². The number of fused-ring (bicyclic) bond motifs is 1. The van der Waals surface area contributed by atoms with Gasteiger partial charge in [-0.1, -0.05) is 30.3 Å². The number of carbonyl (C=O) groups is 1. The molecule has 0 bridgehead atoms.